The molecule has 1 aliphatic heterocycles. The summed E-state index contributed by atoms with van der Waals surface area (Å²) in [7, 11) is 0. The standard InChI is InChI=1S/C15H11N/c1-2-6-12(7-3-1)10-15-14-9-5-4-8-13(14)11-16-15/h1-11H. The van der Waals surface area contributed by atoms with Crippen LogP contribution in [0.25, 0.3) is 11.8 Å². The molecule has 0 atom stereocenters. The second-order valence-electron chi connectivity index (χ2n) is 3.79. The normalized spacial score (nSPS) is 15.4. The minimum Gasteiger partial charge on any atom is -0.256 e. The van der Waals surface area contributed by atoms with E-state index in [2.05, 4.69) is 35.3 Å². The summed E-state index contributed by atoms with van der Waals surface area (Å²) in [5.74, 6) is 0. The van der Waals surface area contributed by atoms with Gasteiger partial charge in [-0.25, -0.2) is 0 Å². The summed E-state index contributed by atoms with van der Waals surface area (Å²) in [4.78, 5) is 4.44. The van der Waals surface area contributed by atoms with Crippen LogP contribution in [0.3, 0.4) is 0 Å². The molecule has 0 radical (unpaired) electrons. The molecule has 0 N–H and O–H groups in total. The first-order valence-corrected chi connectivity index (χ1v) is 5.34. The predicted octanol–water partition coefficient (Wildman–Crippen LogP) is 3.62. The first-order chi connectivity index (χ1) is 7.93. The average molecular weight is 205 g/mol. The lowest BCUT2D eigenvalue weighted by Crippen LogP contribution is -1.81. The highest BCUT2D eigenvalue weighted by Gasteiger charge is 2.10. The third-order valence-electron chi connectivity index (χ3n) is 2.68. The second kappa shape index (κ2) is 3.78. The maximum absolute atomic E-state index is 4.44. The Morgan fingerprint density at radius 1 is 0.812 bits per heavy atom. The van der Waals surface area contributed by atoms with Gasteiger partial charge < -0.3 is 0 Å². The Labute approximate surface area is 94.8 Å². The quantitative estimate of drug-likeness (QED) is 0.674. The monoisotopic (exact) mass is 205 g/mol. The van der Waals surface area contributed by atoms with Crippen LogP contribution in [0.4, 0.5) is 0 Å². The van der Waals surface area contributed by atoms with Crippen molar-refractivity contribution in [2.24, 2.45) is 4.99 Å². The van der Waals surface area contributed by atoms with Crippen molar-refractivity contribution < 1.29 is 0 Å². The van der Waals surface area contributed by atoms with Crippen LogP contribution < -0.4 is 0 Å². The topological polar surface area (TPSA) is 12.4 Å². The van der Waals surface area contributed by atoms with Crippen molar-refractivity contribution in [2.45, 2.75) is 0 Å². The third-order valence-corrected chi connectivity index (χ3v) is 2.68. The lowest BCUT2D eigenvalue weighted by atomic mass is 10.1. The van der Waals surface area contributed by atoms with Crippen LogP contribution in [0, 0.1) is 0 Å². The van der Waals surface area contributed by atoms with Gasteiger partial charge in [0.15, 0.2) is 0 Å². The van der Waals surface area contributed by atoms with E-state index in [0.717, 1.165) is 5.70 Å². The van der Waals surface area contributed by atoms with E-state index < -0.39 is 0 Å². The maximum atomic E-state index is 4.44. The number of aliphatic imine (C=N–C) groups is 1. The molecule has 1 heteroatoms. The molecule has 1 heterocycles. The van der Waals surface area contributed by atoms with Crippen LogP contribution in [0.5, 0.6) is 0 Å². The molecule has 16 heavy (non-hydrogen) atoms. The van der Waals surface area contributed by atoms with Gasteiger partial charge in [0.05, 0.1) is 5.70 Å². The molecule has 1 nitrogen and oxygen atoms in total. The molecule has 0 aliphatic carbocycles. The van der Waals surface area contributed by atoms with Gasteiger partial charge in [-0.2, -0.15) is 0 Å². The lowest BCUT2D eigenvalue weighted by Gasteiger charge is -1.99. The number of nitrogens with zero attached hydrogens (tertiary/aromatic N) is 1. The molecule has 2 aromatic carbocycles. The van der Waals surface area contributed by atoms with E-state index in [1.54, 1.807) is 0 Å². The van der Waals surface area contributed by atoms with Gasteiger partial charge in [0, 0.05) is 17.3 Å². The number of hydrogen-bond donors (Lipinski definition) is 0. The van der Waals surface area contributed by atoms with E-state index in [1.165, 1.54) is 16.7 Å². The van der Waals surface area contributed by atoms with Crippen molar-refractivity contribution in [2.75, 3.05) is 0 Å². The average Bonchev–Trinajstić information content (AvgIpc) is 2.74. The minimum atomic E-state index is 1.04. The van der Waals surface area contributed by atoms with Crippen molar-refractivity contribution in [1.29, 1.82) is 0 Å². The molecule has 0 spiro atoms. The minimum absolute atomic E-state index is 1.04. The lowest BCUT2D eigenvalue weighted by molar-refractivity contribution is 1.57. The molecule has 3 rings (SSSR count). The maximum Gasteiger partial charge on any atom is 0.0714 e. The molecule has 0 fully saturated rings. The molecular weight excluding hydrogens is 194 g/mol. The number of benzene rings is 2. The van der Waals surface area contributed by atoms with E-state index in [-0.39, 0.29) is 0 Å². The SMILES string of the molecule is C1=NC(=Cc2ccccc2)c2ccccc21. The Hall–Kier alpha value is -2.15. The fraction of sp³-hybridized carbons (Fsp3) is 0. The van der Waals surface area contributed by atoms with Crippen molar-refractivity contribution >= 4 is 18.0 Å². The molecule has 2 aromatic rings. The zero-order valence-corrected chi connectivity index (χ0v) is 8.80. The summed E-state index contributed by atoms with van der Waals surface area (Å²) in [5.41, 5.74) is 4.64. The smallest absolute Gasteiger partial charge is 0.0714 e. The van der Waals surface area contributed by atoms with Gasteiger partial charge in [0.25, 0.3) is 0 Å². The van der Waals surface area contributed by atoms with Crippen molar-refractivity contribution in [3.05, 3.63) is 71.3 Å². The molecular formula is C15H11N. The van der Waals surface area contributed by atoms with Gasteiger partial charge in [0.1, 0.15) is 0 Å². The molecule has 76 valence electrons. The van der Waals surface area contributed by atoms with Crippen LogP contribution in [0.1, 0.15) is 16.7 Å². The first-order valence-electron chi connectivity index (χ1n) is 5.34. The third kappa shape index (κ3) is 1.57. The van der Waals surface area contributed by atoms with Crippen LogP contribution in [0.15, 0.2) is 59.6 Å². The van der Waals surface area contributed by atoms with Crippen molar-refractivity contribution in [1.82, 2.24) is 0 Å². The molecule has 0 bridgehead atoms. The Kier molecular flexibility index (Phi) is 2.15. The fourth-order valence-electron chi connectivity index (χ4n) is 1.87. The van der Waals surface area contributed by atoms with Gasteiger partial charge >= 0.3 is 0 Å². The Bertz CT molecular complexity index is 565. The van der Waals surface area contributed by atoms with E-state index in [4.69, 9.17) is 0 Å². The number of fused-ring (bicyclic) bond motifs is 1. The van der Waals surface area contributed by atoms with Crippen LogP contribution in [0.2, 0.25) is 0 Å². The number of hydrogen-bond acceptors (Lipinski definition) is 1. The summed E-state index contributed by atoms with van der Waals surface area (Å²) in [5, 5.41) is 0. The van der Waals surface area contributed by atoms with Crippen molar-refractivity contribution in [3.8, 4) is 0 Å². The Morgan fingerprint density at radius 2 is 1.56 bits per heavy atom. The van der Waals surface area contributed by atoms with Gasteiger partial charge in [-0.15, -0.1) is 0 Å². The van der Waals surface area contributed by atoms with E-state index in [1.807, 2.05) is 36.5 Å². The highest BCUT2D eigenvalue weighted by molar-refractivity contribution is 6.01. The zero-order valence-electron chi connectivity index (χ0n) is 8.80. The summed E-state index contributed by atoms with van der Waals surface area (Å²) in [6.45, 7) is 0. The van der Waals surface area contributed by atoms with Gasteiger partial charge in [-0.1, -0.05) is 54.6 Å². The fourth-order valence-corrected chi connectivity index (χ4v) is 1.87. The Morgan fingerprint density at radius 3 is 2.44 bits per heavy atom. The molecule has 0 amide bonds. The largest absolute Gasteiger partial charge is 0.256 e. The highest BCUT2D eigenvalue weighted by Crippen LogP contribution is 2.26. The molecule has 1 aliphatic rings. The van der Waals surface area contributed by atoms with Crippen LogP contribution in [-0.2, 0) is 0 Å². The van der Waals surface area contributed by atoms with E-state index >= 15 is 0 Å². The highest BCUT2D eigenvalue weighted by atomic mass is 14.8. The molecule has 0 unspecified atom stereocenters. The van der Waals surface area contributed by atoms with Crippen LogP contribution in [-0.4, -0.2) is 6.21 Å². The Balaban J connectivity index is 2.06. The van der Waals surface area contributed by atoms with Crippen molar-refractivity contribution in [3.63, 3.8) is 0 Å². The van der Waals surface area contributed by atoms with Gasteiger partial charge in [0.2, 0.25) is 0 Å². The number of rotatable bonds is 1. The molecule has 0 saturated heterocycles. The van der Waals surface area contributed by atoms with Gasteiger partial charge in [-0.3, -0.25) is 4.99 Å². The predicted molar refractivity (Wildman–Crippen MR) is 68.3 cm³/mol. The molecule has 0 saturated carbocycles. The zero-order chi connectivity index (χ0) is 10.8. The first kappa shape index (κ1) is 9.10. The summed E-state index contributed by atoms with van der Waals surface area (Å²) in [6.07, 6.45) is 4.03. The summed E-state index contributed by atoms with van der Waals surface area (Å²) >= 11 is 0. The second-order valence-corrected chi connectivity index (χ2v) is 3.79. The van der Waals surface area contributed by atoms with Gasteiger partial charge in [-0.05, 0) is 11.6 Å². The summed E-state index contributed by atoms with van der Waals surface area (Å²) < 4.78 is 0. The molecule has 0 aromatic heterocycles. The van der Waals surface area contributed by atoms with E-state index in [0.29, 0.717) is 0 Å². The van der Waals surface area contributed by atoms with E-state index in [9.17, 15) is 0 Å². The summed E-state index contributed by atoms with van der Waals surface area (Å²) in [6, 6.07) is 18.6. The van der Waals surface area contributed by atoms with Crippen LogP contribution >= 0.6 is 0 Å².